The summed E-state index contributed by atoms with van der Waals surface area (Å²) < 4.78 is 9.18. The summed E-state index contributed by atoms with van der Waals surface area (Å²) >= 11 is 0. The van der Waals surface area contributed by atoms with Crippen molar-refractivity contribution >= 4 is 23.7 Å². The molecule has 0 aromatic rings. The van der Waals surface area contributed by atoms with Crippen molar-refractivity contribution in [3.05, 3.63) is 0 Å². The molecular formula is C10H29N2PSi2. The molecule has 0 rings (SSSR count). The Labute approximate surface area is 98.5 Å². The van der Waals surface area contributed by atoms with Crippen LogP contribution in [0.4, 0.5) is 0 Å². The van der Waals surface area contributed by atoms with E-state index in [-0.39, 0.29) is 0 Å². The highest BCUT2D eigenvalue weighted by Gasteiger charge is 2.26. The minimum atomic E-state index is -1.30. The Bertz CT molecular complexity index is 243. The minimum absolute atomic E-state index is 1.20. The Morgan fingerprint density at radius 2 is 1.33 bits per heavy atom. The SMILES string of the molecule is CCP(CC)(=N[Si](C)(C)C)N[Si](C)(C)C. The van der Waals surface area contributed by atoms with E-state index in [1.165, 1.54) is 12.3 Å². The monoisotopic (exact) mass is 264 g/mol. The van der Waals surface area contributed by atoms with Crippen molar-refractivity contribution in [3.63, 3.8) is 0 Å². The smallest absolute Gasteiger partial charge is 0.172 e. The fourth-order valence-electron chi connectivity index (χ4n) is 1.75. The lowest BCUT2D eigenvalue weighted by molar-refractivity contribution is 1.27. The first kappa shape index (κ1) is 15.6. The first-order chi connectivity index (χ1) is 6.54. The summed E-state index contributed by atoms with van der Waals surface area (Å²) in [7, 11) is -3.71. The molecule has 0 aliphatic rings. The lowest BCUT2D eigenvalue weighted by atomic mass is 11.0. The zero-order valence-electron chi connectivity index (χ0n) is 11.8. The molecular weight excluding hydrogens is 235 g/mol. The average molecular weight is 265 g/mol. The summed E-state index contributed by atoms with van der Waals surface area (Å²) in [6, 6.07) is 0. The zero-order valence-corrected chi connectivity index (χ0v) is 14.7. The third kappa shape index (κ3) is 6.72. The van der Waals surface area contributed by atoms with Crippen LogP contribution in [-0.4, -0.2) is 28.8 Å². The van der Waals surface area contributed by atoms with E-state index in [0.29, 0.717) is 0 Å². The highest BCUT2D eigenvalue weighted by Crippen LogP contribution is 2.47. The average Bonchev–Trinajstić information content (AvgIpc) is 1.98. The zero-order chi connectivity index (χ0) is 12.3. The van der Waals surface area contributed by atoms with Crippen LogP contribution in [0.2, 0.25) is 39.3 Å². The maximum atomic E-state index is 5.24. The van der Waals surface area contributed by atoms with Gasteiger partial charge in [-0.1, -0.05) is 53.1 Å². The molecule has 2 nitrogen and oxygen atoms in total. The van der Waals surface area contributed by atoms with Crippen molar-refractivity contribution in [3.8, 4) is 0 Å². The van der Waals surface area contributed by atoms with Gasteiger partial charge in [0.15, 0.2) is 8.24 Å². The number of rotatable bonds is 5. The molecule has 0 radical (unpaired) electrons. The van der Waals surface area contributed by atoms with E-state index in [0.717, 1.165) is 0 Å². The van der Waals surface area contributed by atoms with E-state index in [2.05, 4.69) is 57.9 Å². The molecule has 0 saturated carbocycles. The molecule has 0 aliphatic carbocycles. The van der Waals surface area contributed by atoms with E-state index in [9.17, 15) is 0 Å². The van der Waals surface area contributed by atoms with Crippen LogP contribution in [0.1, 0.15) is 13.8 Å². The van der Waals surface area contributed by atoms with Crippen molar-refractivity contribution in [2.24, 2.45) is 4.41 Å². The molecule has 92 valence electrons. The van der Waals surface area contributed by atoms with E-state index in [4.69, 9.17) is 4.41 Å². The molecule has 0 saturated heterocycles. The van der Waals surface area contributed by atoms with Crippen LogP contribution in [0.3, 0.4) is 0 Å². The van der Waals surface area contributed by atoms with Gasteiger partial charge < -0.3 is 9.16 Å². The van der Waals surface area contributed by atoms with Crippen LogP contribution < -0.4 is 4.75 Å². The van der Waals surface area contributed by atoms with Crippen LogP contribution in [0.25, 0.3) is 0 Å². The highest BCUT2D eigenvalue weighted by molar-refractivity contribution is 7.67. The van der Waals surface area contributed by atoms with E-state index in [1.54, 1.807) is 0 Å². The summed E-state index contributed by atoms with van der Waals surface area (Å²) in [5.74, 6) is 0. The van der Waals surface area contributed by atoms with Gasteiger partial charge in [0, 0.05) is 7.21 Å². The summed E-state index contributed by atoms with van der Waals surface area (Å²) in [5, 5.41) is 0. The molecule has 5 heteroatoms. The molecule has 0 unspecified atom stereocenters. The Morgan fingerprint density at radius 3 is 1.53 bits per heavy atom. The molecule has 1 N–H and O–H groups in total. The van der Waals surface area contributed by atoms with Gasteiger partial charge in [0.25, 0.3) is 0 Å². The van der Waals surface area contributed by atoms with Gasteiger partial charge in [0.2, 0.25) is 0 Å². The molecule has 0 spiro atoms. The molecule has 0 aromatic heterocycles. The van der Waals surface area contributed by atoms with Crippen LogP contribution in [-0.2, 0) is 0 Å². The first-order valence-electron chi connectivity index (χ1n) is 5.94. The van der Waals surface area contributed by atoms with Gasteiger partial charge in [-0.05, 0) is 12.3 Å². The quantitative estimate of drug-likeness (QED) is 0.577. The largest absolute Gasteiger partial charge is 0.325 e. The number of nitrogens with zero attached hydrogens (tertiary/aromatic N) is 1. The highest BCUT2D eigenvalue weighted by atomic mass is 31.2. The molecule has 0 fully saturated rings. The summed E-state index contributed by atoms with van der Waals surface area (Å²) in [6.45, 7) is 18.8. The third-order valence-electron chi connectivity index (χ3n) is 2.08. The first-order valence-corrected chi connectivity index (χ1v) is 15.0. The standard InChI is InChI=1S/C10H29N2PSi2/c1-9-13(10-2,11-14(3,4)5)12-15(6,7)8/h11H,9-10H2,1-8H3. The third-order valence-corrected chi connectivity index (χ3v) is 12.5. The molecule has 0 bridgehead atoms. The minimum Gasteiger partial charge on any atom is -0.325 e. The lowest BCUT2D eigenvalue weighted by Crippen LogP contribution is -2.40. The predicted molar refractivity (Wildman–Crippen MR) is 80.3 cm³/mol. The molecule has 0 aromatic carbocycles. The van der Waals surface area contributed by atoms with Crippen LogP contribution in [0, 0.1) is 0 Å². The van der Waals surface area contributed by atoms with Crippen molar-refractivity contribution in [2.75, 3.05) is 12.3 Å². The Balaban J connectivity index is 5.15. The second-order valence-electron chi connectivity index (χ2n) is 6.19. The normalized spacial score (nSPS) is 14.1. The Morgan fingerprint density at radius 1 is 0.933 bits per heavy atom. The van der Waals surface area contributed by atoms with Crippen molar-refractivity contribution in [1.29, 1.82) is 0 Å². The number of hydrogen-bond donors (Lipinski definition) is 1. The van der Waals surface area contributed by atoms with Crippen molar-refractivity contribution in [1.82, 2.24) is 4.75 Å². The molecule has 0 heterocycles. The van der Waals surface area contributed by atoms with Crippen LogP contribution in [0.5, 0.6) is 0 Å². The predicted octanol–water partition coefficient (Wildman–Crippen LogP) is 4.40. The summed E-state index contributed by atoms with van der Waals surface area (Å²) in [6.07, 6.45) is 2.44. The molecule has 0 aliphatic heterocycles. The van der Waals surface area contributed by atoms with Crippen molar-refractivity contribution < 1.29 is 0 Å². The fourth-order valence-corrected chi connectivity index (χ4v) is 14.8. The second kappa shape index (κ2) is 5.30. The van der Waals surface area contributed by atoms with Gasteiger partial charge >= 0.3 is 0 Å². The van der Waals surface area contributed by atoms with Gasteiger partial charge in [0.05, 0.1) is 0 Å². The number of hydrogen-bond acceptors (Lipinski definition) is 1. The molecule has 0 atom stereocenters. The molecule has 0 amide bonds. The van der Waals surface area contributed by atoms with Gasteiger partial charge in [-0.2, -0.15) is 0 Å². The fraction of sp³-hybridized carbons (Fsp3) is 1.00. The van der Waals surface area contributed by atoms with Crippen LogP contribution >= 0.6 is 7.21 Å². The maximum absolute atomic E-state index is 5.24. The van der Waals surface area contributed by atoms with Gasteiger partial charge in [0.1, 0.15) is 8.24 Å². The number of nitrogens with one attached hydrogen (secondary N) is 1. The van der Waals surface area contributed by atoms with Crippen molar-refractivity contribution in [2.45, 2.75) is 53.1 Å². The van der Waals surface area contributed by atoms with Crippen LogP contribution in [0.15, 0.2) is 4.41 Å². The topological polar surface area (TPSA) is 24.4 Å². The maximum Gasteiger partial charge on any atom is 0.172 e. The summed E-state index contributed by atoms with van der Waals surface area (Å²) in [4.78, 5) is 0. The van der Waals surface area contributed by atoms with E-state index in [1.807, 2.05) is 0 Å². The molecule has 15 heavy (non-hydrogen) atoms. The van der Waals surface area contributed by atoms with Gasteiger partial charge in [-0.25, -0.2) is 0 Å². The van der Waals surface area contributed by atoms with Gasteiger partial charge in [-0.3, -0.25) is 0 Å². The Kier molecular flexibility index (Phi) is 5.52. The van der Waals surface area contributed by atoms with Gasteiger partial charge in [-0.15, -0.1) is 0 Å². The van der Waals surface area contributed by atoms with E-state index >= 15 is 0 Å². The summed E-state index contributed by atoms with van der Waals surface area (Å²) in [5.41, 5.74) is 0. The lowest BCUT2D eigenvalue weighted by Gasteiger charge is -2.33. The second-order valence-corrected chi connectivity index (χ2v) is 19.8. The Hall–Kier alpha value is 0.624. The van der Waals surface area contributed by atoms with E-state index < -0.39 is 23.7 Å².